The number of amides is 1. The molecule has 3 aromatic rings. The van der Waals surface area contributed by atoms with E-state index in [-0.39, 0.29) is 11.9 Å². The van der Waals surface area contributed by atoms with E-state index in [4.69, 9.17) is 9.26 Å². The third-order valence-electron chi connectivity index (χ3n) is 5.87. The second kappa shape index (κ2) is 9.23. The normalized spacial score (nSPS) is 15.7. The van der Waals surface area contributed by atoms with Gasteiger partial charge < -0.3 is 19.5 Å². The number of piperidine rings is 1. The van der Waals surface area contributed by atoms with Crippen LogP contribution in [0.1, 0.15) is 42.4 Å². The van der Waals surface area contributed by atoms with Crippen molar-refractivity contribution < 1.29 is 18.8 Å². The van der Waals surface area contributed by atoms with Crippen molar-refractivity contribution in [3.63, 3.8) is 0 Å². The lowest BCUT2D eigenvalue weighted by Gasteiger charge is -2.32. The van der Waals surface area contributed by atoms with Crippen LogP contribution in [0.3, 0.4) is 0 Å². The summed E-state index contributed by atoms with van der Waals surface area (Å²) in [4.78, 5) is 38.6. The second-order valence-corrected chi connectivity index (χ2v) is 9.27. The lowest BCUT2D eigenvalue weighted by molar-refractivity contribution is -0.159. The summed E-state index contributed by atoms with van der Waals surface area (Å²) in [5, 5.41) is 7.48. The van der Waals surface area contributed by atoms with Crippen LogP contribution in [0.5, 0.6) is 0 Å². The van der Waals surface area contributed by atoms with Gasteiger partial charge in [-0.25, -0.2) is 9.97 Å². The van der Waals surface area contributed by atoms with Gasteiger partial charge in [0.15, 0.2) is 11.9 Å². The van der Waals surface area contributed by atoms with Crippen LogP contribution in [-0.4, -0.2) is 46.2 Å². The lowest BCUT2D eigenvalue weighted by Crippen LogP contribution is -2.40. The van der Waals surface area contributed by atoms with Crippen molar-refractivity contribution in [2.75, 3.05) is 23.3 Å². The minimum absolute atomic E-state index is 0.245. The summed E-state index contributed by atoms with van der Waals surface area (Å²) in [6, 6.07) is 1.61. The molecule has 1 atom stereocenters. The average Bonchev–Trinajstić information content (AvgIpc) is 3.33. The molecule has 0 radical (unpaired) electrons. The van der Waals surface area contributed by atoms with Crippen molar-refractivity contribution in [2.45, 2.75) is 53.1 Å². The van der Waals surface area contributed by atoms with Crippen LogP contribution >= 0.6 is 11.3 Å². The Morgan fingerprint density at radius 2 is 2.03 bits per heavy atom. The van der Waals surface area contributed by atoms with Crippen LogP contribution in [0.2, 0.25) is 0 Å². The molecule has 1 fully saturated rings. The molecular formula is C22H27N5O4S. The smallest absolute Gasteiger partial charge is 0.309 e. The number of anilines is 2. The number of nitrogens with zero attached hydrogens (tertiary/aromatic N) is 4. The molecule has 1 N–H and O–H groups in total. The van der Waals surface area contributed by atoms with Gasteiger partial charge in [0, 0.05) is 24.0 Å². The maximum Gasteiger partial charge on any atom is 0.309 e. The molecule has 0 saturated carbocycles. The molecule has 1 aliphatic heterocycles. The summed E-state index contributed by atoms with van der Waals surface area (Å²) in [6.07, 6.45) is 2.41. The molecule has 4 heterocycles. The van der Waals surface area contributed by atoms with Crippen LogP contribution in [0, 0.1) is 26.7 Å². The van der Waals surface area contributed by atoms with Crippen LogP contribution in [0.25, 0.3) is 10.2 Å². The van der Waals surface area contributed by atoms with Crippen molar-refractivity contribution in [1.29, 1.82) is 0 Å². The van der Waals surface area contributed by atoms with Gasteiger partial charge in [-0.05, 0) is 45.6 Å². The fraction of sp³-hybridized carbons (Fsp3) is 0.500. The third kappa shape index (κ3) is 4.45. The predicted octanol–water partition coefficient (Wildman–Crippen LogP) is 3.78. The zero-order valence-electron chi connectivity index (χ0n) is 18.7. The fourth-order valence-electron chi connectivity index (χ4n) is 3.92. The van der Waals surface area contributed by atoms with Crippen molar-refractivity contribution in [3.05, 3.63) is 28.6 Å². The summed E-state index contributed by atoms with van der Waals surface area (Å²) in [5.41, 5.74) is 1.21. The minimum Gasteiger partial charge on any atom is -0.452 e. The quantitative estimate of drug-likeness (QED) is 0.557. The largest absolute Gasteiger partial charge is 0.452 e. The molecule has 0 bridgehead atoms. The number of carbonyl (C=O) groups excluding carboxylic acids is 2. The second-order valence-electron chi connectivity index (χ2n) is 8.07. The summed E-state index contributed by atoms with van der Waals surface area (Å²) >= 11 is 1.68. The van der Waals surface area contributed by atoms with E-state index in [1.54, 1.807) is 37.6 Å². The van der Waals surface area contributed by atoms with E-state index in [2.05, 4.69) is 39.2 Å². The number of rotatable bonds is 6. The summed E-state index contributed by atoms with van der Waals surface area (Å²) in [6.45, 7) is 9.13. The number of hydrogen-bond donors (Lipinski definition) is 1. The molecule has 170 valence electrons. The van der Waals surface area contributed by atoms with Crippen LogP contribution in [-0.2, 0) is 14.3 Å². The Morgan fingerprint density at radius 1 is 1.28 bits per heavy atom. The zero-order chi connectivity index (χ0) is 22.8. The number of ether oxygens (including phenoxy) is 1. The SMILES string of the molecule is CC[C@H](OC(=O)C1CCN(c2ncnc3sc(C)c(C)c23)CC1)C(=O)Nc1cc(C)on1. The highest BCUT2D eigenvalue weighted by molar-refractivity contribution is 7.18. The Morgan fingerprint density at radius 3 is 2.69 bits per heavy atom. The highest BCUT2D eigenvalue weighted by Gasteiger charge is 2.31. The van der Waals surface area contributed by atoms with Crippen LogP contribution in [0.15, 0.2) is 16.9 Å². The van der Waals surface area contributed by atoms with Gasteiger partial charge in [-0.1, -0.05) is 12.1 Å². The number of hydrogen-bond acceptors (Lipinski definition) is 9. The van der Waals surface area contributed by atoms with E-state index in [0.29, 0.717) is 43.9 Å². The average molecular weight is 458 g/mol. The van der Waals surface area contributed by atoms with Gasteiger partial charge in [-0.15, -0.1) is 11.3 Å². The summed E-state index contributed by atoms with van der Waals surface area (Å²) < 4.78 is 10.5. The fourth-order valence-corrected chi connectivity index (χ4v) is 4.91. The first-order valence-electron chi connectivity index (χ1n) is 10.8. The molecule has 1 amide bonds. The van der Waals surface area contributed by atoms with E-state index < -0.39 is 12.0 Å². The van der Waals surface area contributed by atoms with E-state index in [1.807, 2.05) is 0 Å². The Kier molecular flexibility index (Phi) is 6.40. The Labute approximate surface area is 190 Å². The van der Waals surface area contributed by atoms with E-state index in [0.717, 1.165) is 16.0 Å². The van der Waals surface area contributed by atoms with Gasteiger partial charge in [-0.3, -0.25) is 9.59 Å². The summed E-state index contributed by atoms with van der Waals surface area (Å²) in [5.74, 6) is 0.843. The number of aromatic nitrogens is 3. The first-order valence-corrected chi connectivity index (χ1v) is 11.6. The van der Waals surface area contributed by atoms with Gasteiger partial charge in [0.2, 0.25) is 0 Å². The molecule has 3 aromatic heterocycles. The molecule has 1 saturated heterocycles. The molecule has 32 heavy (non-hydrogen) atoms. The van der Waals surface area contributed by atoms with Gasteiger partial charge in [-0.2, -0.15) is 0 Å². The van der Waals surface area contributed by atoms with E-state index in [1.165, 1.54) is 10.4 Å². The standard InChI is InChI=1S/C22H27N5O4S/c1-5-16(20(28)25-17-10-12(2)31-26-17)30-22(29)15-6-8-27(9-7-15)19-18-13(3)14(4)32-21(18)24-11-23-19/h10-11,15-16H,5-9H2,1-4H3,(H,25,26,28)/t16-/m0/s1. The Balaban J connectivity index is 1.36. The molecule has 4 rings (SSSR count). The number of thiophene rings is 1. The highest BCUT2D eigenvalue weighted by Crippen LogP contribution is 2.35. The van der Waals surface area contributed by atoms with Crippen molar-refractivity contribution in [3.8, 4) is 0 Å². The van der Waals surface area contributed by atoms with Gasteiger partial charge in [0.05, 0.1) is 11.3 Å². The predicted molar refractivity (Wildman–Crippen MR) is 122 cm³/mol. The topological polar surface area (TPSA) is 110 Å². The van der Waals surface area contributed by atoms with Crippen molar-refractivity contribution in [2.24, 2.45) is 5.92 Å². The Hall–Kier alpha value is -3.01. The molecule has 0 aromatic carbocycles. The van der Waals surface area contributed by atoms with Crippen molar-refractivity contribution in [1.82, 2.24) is 15.1 Å². The zero-order valence-corrected chi connectivity index (χ0v) is 19.5. The molecule has 0 aliphatic carbocycles. The molecule has 0 spiro atoms. The molecule has 9 nitrogen and oxygen atoms in total. The van der Waals surface area contributed by atoms with Crippen LogP contribution < -0.4 is 10.2 Å². The molecule has 10 heteroatoms. The van der Waals surface area contributed by atoms with E-state index >= 15 is 0 Å². The molecule has 0 unspecified atom stereocenters. The minimum atomic E-state index is -0.865. The lowest BCUT2D eigenvalue weighted by atomic mass is 9.96. The number of fused-ring (bicyclic) bond motifs is 1. The number of esters is 1. The van der Waals surface area contributed by atoms with Gasteiger partial charge in [0.1, 0.15) is 22.7 Å². The maximum atomic E-state index is 12.8. The number of nitrogens with one attached hydrogen (secondary N) is 1. The number of carbonyl (C=O) groups is 2. The molecule has 1 aliphatic rings. The summed E-state index contributed by atoms with van der Waals surface area (Å²) in [7, 11) is 0. The third-order valence-corrected chi connectivity index (χ3v) is 6.99. The van der Waals surface area contributed by atoms with Crippen LogP contribution in [0.4, 0.5) is 11.6 Å². The highest BCUT2D eigenvalue weighted by atomic mass is 32.1. The monoisotopic (exact) mass is 457 g/mol. The first-order chi connectivity index (χ1) is 15.4. The maximum absolute atomic E-state index is 12.8. The Bertz CT molecular complexity index is 1130. The van der Waals surface area contributed by atoms with Gasteiger partial charge in [0.25, 0.3) is 5.91 Å². The number of aryl methyl sites for hydroxylation is 3. The molecular weight excluding hydrogens is 430 g/mol. The van der Waals surface area contributed by atoms with Gasteiger partial charge >= 0.3 is 5.97 Å². The first kappa shape index (κ1) is 22.2. The van der Waals surface area contributed by atoms with E-state index in [9.17, 15) is 9.59 Å². The van der Waals surface area contributed by atoms with Crippen molar-refractivity contribution >= 4 is 45.1 Å².